The summed E-state index contributed by atoms with van der Waals surface area (Å²) in [6, 6.07) is 7.33. The van der Waals surface area contributed by atoms with Crippen LogP contribution < -0.4 is 5.32 Å². The minimum atomic E-state index is -3.46. The molecule has 1 spiro atoms. The van der Waals surface area contributed by atoms with Crippen LogP contribution in [0.4, 0.5) is 0 Å². The van der Waals surface area contributed by atoms with Gasteiger partial charge in [-0.1, -0.05) is 26.0 Å². The quantitative estimate of drug-likeness (QED) is 0.915. The van der Waals surface area contributed by atoms with E-state index in [-0.39, 0.29) is 5.60 Å². The fourth-order valence-electron chi connectivity index (χ4n) is 3.38. The van der Waals surface area contributed by atoms with Crippen molar-refractivity contribution in [2.75, 3.05) is 32.8 Å². The molecule has 0 amide bonds. The van der Waals surface area contributed by atoms with E-state index in [0.717, 1.165) is 31.5 Å². The van der Waals surface area contributed by atoms with E-state index in [4.69, 9.17) is 4.74 Å². The number of nitrogens with one attached hydrogen (secondary N) is 1. The summed E-state index contributed by atoms with van der Waals surface area (Å²) in [6.45, 7) is 7.29. The summed E-state index contributed by atoms with van der Waals surface area (Å²) in [7, 11) is -3.46. The zero-order valence-electron chi connectivity index (χ0n) is 13.9. The fraction of sp³-hybridized carbons (Fsp3) is 0.647. The first-order chi connectivity index (χ1) is 10.9. The summed E-state index contributed by atoms with van der Waals surface area (Å²) < 4.78 is 33.7. The van der Waals surface area contributed by atoms with E-state index in [2.05, 4.69) is 19.2 Å². The highest BCUT2D eigenvalue weighted by molar-refractivity contribution is 7.89. The van der Waals surface area contributed by atoms with Gasteiger partial charge >= 0.3 is 0 Å². The topological polar surface area (TPSA) is 58.6 Å². The van der Waals surface area contributed by atoms with Gasteiger partial charge in [0.2, 0.25) is 10.0 Å². The molecule has 128 valence electrons. The Kier molecular flexibility index (Phi) is 4.78. The van der Waals surface area contributed by atoms with E-state index >= 15 is 0 Å². The second kappa shape index (κ2) is 6.51. The first-order valence-corrected chi connectivity index (χ1v) is 9.82. The molecule has 0 saturated carbocycles. The molecule has 2 aliphatic rings. The van der Waals surface area contributed by atoms with Crippen LogP contribution in [-0.4, -0.2) is 51.1 Å². The van der Waals surface area contributed by atoms with Gasteiger partial charge in [0.25, 0.3) is 0 Å². The third kappa shape index (κ3) is 3.45. The number of rotatable bonds is 3. The maximum Gasteiger partial charge on any atom is 0.243 e. The molecule has 1 aromatic carbocycles. The first kappa shape index (κ1) is 16.9. The number of sulfonamides is 1. The van der Waals surface area contributed by atoms with Crippen LogP contribution >= 0.6 is 0 Å². The molecule has 2 heterocycles. The van der Waals surface area contributed by atoms with E-state index in [1.807, 2.05) is 18.2 Å². The number of hydrogen-bond acceptors (Lipinski definition) is 4. The molecule has 1 N–H and O–H groups in total. The number of benzene rings is 1. The Balaban J connectivity index is 1.85. The maximum absolute atomic E-state index is 13.0. The molecule has 0 atom stereocenters. The maximum atomic E-state index is 13.0. The lowest BCUT2D eigenvalue weighted by Gasteiger charge is -2.44. The molecule has 5 nitrogen and oxygen atoms in total. The van der Waals surface area contributed by atoms with Crippen LogP contribution in [0.15, 0.2) is 29.2 Å². The molecule has 2 aliphatic heterocycles. The summed E-state index contributed by atoms with van der Waals surface area (Å²) in [6.07, 6.45) is 1.73. The van der Waals surface area contributed by atoms with Gasteiger partial charge in [-0.3, -0.25) is 0 Å². The molecular formula is C17H26N2O3S. The van der Waals surface area contributed by atoms with Gasteiger partial charge in [-0.05, 0) is 49.5 Å². The number of morpholine rings is 1. The number of nitrogens with zero attached hydrogens (tertiary/aromatic N) is 1. The summed E-state index contributed by atoms with van der Waals surface area (Å²) in [5, 5.41) is 3.31. The predicted octanol–water partition coefficient (Wildman–Crippen LogP) is 1.95. The third-order valence-electron chi connectivity index (χ3n) is 4.89. The Morgan fingerprint density at radius 3 is 2.70 bits per heavy atom. The molecule has 3 rings (SSSR count). The monoisotopic (exact) mass is 338 g/mol. The SMILES string of the molecule is CC(C)c1cccc(S(=O)(=O)N2CCOC3(CCNCC3)C2)c1. The summed E-state index contributed by atoms with van der Waals surface area (Å²) >= 11 is 0. The van der Waals surface area contributed by atoms with Crippen LogP contribution in [0.3, 0.4) is 0 Å². The molecule has 1 aromatic rings. The Morgan fingerprint density at radius 1 is 1.26 bits per heavy atom. The van der Waals surface area contributed by atoms with Crippen molar-refractivity contribution in [1.82, 2.24) is 9.62 Å². The van der Waals surface area contributed by atoms with Gasteiger partial charge in [0.15, 0.2) is 0 Å². The van der Waals surface area contributed by atoms with Crippen LogP contribution in [0.5, 0.6) is 0 Å². The lowest BCUT2D eigenvalue weighted by molar-refractivity contribution is -0.105. The zero-order valence-corrected chi connectivity index (χ0v) is 14.7. The molecule has 0 unspecified atom stereocenters. The molecule has 0 aliphatic carbocycles. The highest BCUT2D eigenvalue weighted by Gasteiger charge is 2.41. The average Bonchev–Trinajstić information content (AvgIpc) is 2.55. The Bertz CT molecular complexity index is 646. The molecule has 0 radical (unpaired) electrons. The highest BCUT2D eigenvalue weighted by atomic mass is 32.2. The van der Waals surface area contributed by atoms with E-state index in [9.17, 15) is 8.42 Å². The molecule has 0 bridgehead atoms. The number of ether oxygens (including phenoxy) is 1. The van der Waals surface area contributed by atoms with E-state index in [0.29, 0.717) is 30.5 Å². The summed E-state index contributed by atoms with van der Waals surface area (Å²) in [4.78, 5) is 0.398. The molecule has 6 heteroatoms. The van der Waals surface area contributed by atoms with Crippen LogP contribution in [0, 0.1) is 0 Å². The van der Waals surface area contributed by atoms with Crippen molar-refractivity contribution >= 4 is 10.0 Å². The van der Waals surface area contributed by atoms with Crippen molar-refractivity contribution in [3.05, 3.63) is 29.8 Å². The largest absolute Gasteiger partial charge is 0.372 e. The van der Waals surface area contributed by atoms with Crippen molar-refractivity contribution in [1.29, 1.82) is 0 Å². The second-order valence-electron chi connectivity index (χ2n) is 6.85. The standard InChI is InChI=1S/C17H26N2O3S/c1-14(2)15-4-3-5-16(12-15)23(20,21)19-10-11-22-17(13-19)6-8-18-9-7-17/h3-5,12,14,18H,6-11,13H2,1-2H3. The van der Waals surface area contributed by atoms with Crippen LogP contribution in [0.1, 0.15) is 38.2 Å². The summed E-state index contributed by atoms with van der Waals surface area (Å²) in [5.74, 6) is 0.311. The van der Waals surface area contributed by atoms with E-state index in [1.54, 1.807) is 10.4 Å². The van der Waals surface area contributed by atoms with Crippen molar-refractivity contribution in [3.63, 3.8) is 0 Å². The van der Waals surface area contributed by atoms with Gasteiger partial charge in [0.1, 0.15) is 0 Å². The fourth-order valence-corrected chi connectivity index (χ4v) is 4.94. The molecule has 0 aromatic heterocycles. The lowest BCUT2D eigenvalue weighted by atomic mass is 9.91. The van der Waals surface area contributed by atoms with E-state index < -0.39 is 10.0 Å². The summed E-state index contributed by atoms with van der Waals surface area (Å²) in [5.41, 5.74) is 0.739. The van der Waals surface area contributed by atoms with Crippen LogP contribution in [0.25, 0.3) is 0 Å². The Labute approximate surface area is 139 Å². The Hall–Kier alpha value is -0.950. The van der Waals surface area contributed by atoms with Crippen molar-refractivity contribution < 1.29 is 13.2 Å². The number of hydrogen-bond donors (Lipinski definition) is 1. The van der Waals surface area contributed by atoms with Gasteiger partial charge in [-0.15, -0.1) is 0 Å². The molecule has 2 fully saturated rings. The van der Waals surface area contributed by atoms with Crippen molar-refractivity contribution in [2.24, 2.45) is 0 Å². The molecule has 2 saturated heterocycles. The normalized spacial score (nSPS) is 22.6. The van der Waals surface area contributed by atoms with Gasteiger partial charge in [-0.2, -0.15) is 4.31 Å². The minimum absolute atomic E-state index is 0.311. The third-order valence-corrected chi connectivity index (χ3v) is 6.73. The minimum Gasteiger partial charge on any atom is -0.372 e. The van der Waals surface area contributed by atoms with Crippen LogP contribution in [0.2, 0.25) is 0 Å². The van der Waals surface area contributed by atoms with Crippen LogP contribution in [-0.2, 0) is 14.8 Å². The smallest absolute Gasteiger partial charge is 0.243 e. The van der Waals surface area contributed by atoms with Gasteiger partial charge in [0.05, 0.1) is 17.1 Å². The zero-order chi connectivity index (χ0) is 16.5. The second-order valence-corrected chi connectivity index (χ2v) is 8.79. The predicted molar refractivity (Wildman–Crippen MR) is 90.1 cm³/mol. The van der Waals surface area contributed by atoms with Gasteiger partial charge < -0.3 is 10.1 Å². The average molecular weight is 338 g/mol. The van der Waals surface area contributed by atoms with Crippen molar-refractivity contribution in [3.8, 4) is 0 Å². The number of piperidine rings is 1. The molecule has 23 heavy (non-hydrogen) atoms. The van der Waals surface area contributed by atoms with E-state index in [1.165, 1.54) is 0 Å². The lowest BCUT2D eigenvalue weighted by Crippen LogP contribution is -2.57. The highest BCUT2D eigenvalue weighted by Crippen LogP contribution is 2.31. The molecular weight excluding hydrogens is 312 g/mol. The van der Waals surface area contributed by atoms with Gasteiger partial charge in [-0.25, -0.2) is 8.42 Å². The van der Waals surface area contributed by atoms with Gasteiger partial charge in [0, 0.05) is 13.1 Å². The van der Waals surface area contributed by atoms with Crippen molar-refractivity contribution in [2.45, 2.75) is 43.1 Å². The Morgan fingerprint density at radius 2 is 2.00 bits per heavy atom. The first-order valence-electron chi connectivity index (χ1n) is 8.38.